The second kappa shape index (κ2) is 9.62. The number of aromatic nitrogens is 1. The Bertz CT molecular complexity index is 609. The average Bonchev–Trinajstić information content (AvgIpc) is 2.61. The Balaban J connectivity index is 0.00000208. The van der Waals surface area contributed by atoms with Crippen molar-refractivity contribution in [1.29, 1.82) is 0 Å². The first-order valence-electron chi connectivity index (χ1n) is 8.43. The number of ether oxygens (including phenoxy) is 1. The minimum absolute atomic E-state index is 0. The van der Waals surface area contributed by atoms with Gasteiger partial charge in [-0.25, -0.2) is 0 Å². The van der Waals surface area contributed by atoms with E-state index in [-0.39, 0.29) is 12.4 Å². The number of pyridine rings is 1. The summed E-state index contributed by atoms with van der Waals surface area (Å²) in [6, 6.07) is 13.0. The molecule has 0 saturated carbocycles. The van der Waals surface area contributed by atoms with Gasteiger partial charge < -0.3 is 10.1 Å². The van der Waals surface area contributed by atoms with Gasteiger partial charge >= 0.3 is 0 Å². The normalized spacial score (nSPS) is 18.0. The summed E-state index contributed by atoms with van der Waals surface area (Å²) in [4.78, 5) is 6.80. The van der Waals surface area contributed by atoms with Crippen LogP contribution in [0.1, 0.15) is 30.5 Å². The second-order valence-corrected chi connectivity index (χ2v) is 5.97. The van der Waals surface area contributed by atoms with Gasteiger partial charge in [0.2, 0.25) is 0 Å². The van der Waals surface area contributed by atoms with Crippen LogP contribution in [0.2, 0.25) is 0 Å². The van der Waals surface area contributed by atoms with E-state index in [9.17, 15) is 0 Å². The van der Waals surface area contributed by atoms with Gasteiger partial charge in [0.05, 0.1) is 6.61 Å². The average molecular weight is 348 g/mol. The fourth-order valence-corrected chi connectivity index (χ4v) is 3.03. The number of nitrogens with zero attached hydrogens (tertiary/aromatic N) is 2. The zero-order chi connectivity index (χ0) is 15.9. The highest BCUT2D eigenvalue weighted by molar-refractivity contribution is 5.85. The van der Waals surface area contributed by atoms with Gasteiger partial charge in [-0.1, -0.05) is 25.1 Å². The fourth-order valence-electron chi connectivity index (χ4n) is 3.03. The molecule has 130 valence electrons. The maximum absolute atomic E-state index is 5.76. The second-order valence-electron chi connectivity index (χ2n) is 5.97. The smallest absolute Gasteiger partial charge is 0.119 e. The van der Waals surface area contributed by atoms with Crippen LogP contribution in [0.3, 0.4) is 0 Å². The molecule has 1 unspecified atom stereocenters. The van der Waals surface area contributed by atoms with Crippen LogP contribution in [0.25, 0.3) is 0 Å². The third-order valence-corrected chi connectivity index (χ3v) is 4.18. The maximum Gasteiger partial charge on any atom is 0.119 e. The zero-order valence-corrected chi connectivity index (χ0v) is 15.0. The molecular weight excluding hydrogens is 322 g/mol. The Morgan fingerprint density at radius 2 is 2.21 bits per heavy atom. The highest BCUT2D eigenvalue weighted by Crippen LogP contribution is 2.24. The number of benzene rings is 1. The Morgan fingerprint density at radius 3 is 3.00 bits per heavy atom. The van der Waals surface area contributed by atoms with Gasteiger partial charge in [0, 0.05) is 44.6 Å². The molecule has 4 nitrogen and oxygen atoms in total. The summed E-state index contributed by atoms with van der Waals surface area (Å²) in [5.41, 5.74) is 2.58. The summed E-state index contributed by atoms with van der Waals surface area (Å²) in [5.74, 6) is 0.970. The first-order valence-corrected chi connectivity index (χ1v) is 8.43. The molecule has 3 rings (SSSR count). The standard InChI is InChI=1S/C19H25N3O.ClH/c1-2-11-23-18-7-3-5-16(12-18)15-22-10-9-21-14-19(22)17-6-4-8-20-13-17;/h3-8,12-13,19,21H,2,9-11,14-15H2,1H3;1H. The molecule has 1 aliphatic heterocycles. The first-order chi connectivity index (χ1) is 11.4. The highest BCUT2D eigenvalue weighted by atomic mass is 35.5. The van der Waals surface area contributed by atoms with Gasteiger partial charge in [0.15, 0.2) is 0 Å². The van der Waals surface area contributed by atoms with Gasteiger partial charge in [0.1, 0.15) is 5.75 Å². The van der Waals surface area contributed by atoms with Crippen LogP contribution in [0.5, 0.6) is 5.75 Å². The molecule has 0 bridgehead atoms. The van der Waals surface area contributed by atoms with Crippen LogP contribution in [-0.4, -0.2) is 36.1 Å². The van der Waals surface area contributed by atoms with E-state index in [0.717, 1.165) is 45.0 Å². The lowest BCUT2D eigenvalue weighted by Gasteiger charge is -2.36. The molecule has 1 fully saturated rings. The van der Waals surface area contributed by atoms with Crippen molar-refractivity contribution in [1.82, 2.24) is 15.2 Å². The summed E-state index contributed by atoms with van der Waals surface area (Å²) >= 11 is 0. The molecule has 5 heteroatoms. The van der Waals surface area contributed by atoms with E-state index in [1.54, 1.807) is 0 Å². The molecule has 0 spiro atoms. The third kappa shape index (κ3) is 4.94. The number of hydrogen-bond donors (Lipinski definition) is 1. The number of rotatable bonds is 6. The molecule has 2 aromatic rings. The van der Waals surface area contributed by atoms with Crippen molar-refractivity contribution in [3.05, 3.63) is 59.9 Å². The SMILES string of the molecule is CCCOc1cccc(CN2CCNCC2c2cccnc2)c1.Cl. The van der Waals surface area contributed by atoms with E-state index >= 15 is 0 Å². The van der Waals surface area contributed by atoms with Gasteiger partial charge in [-0.15, -0.1) is 12.4 Å². The number of halogens is 1. The molecule has 24 heavy (non-hydrogen) atoms. The van der Waals surface area contributed by atoms with Crippen LogP contribution < -0.4 is 10.1 Å². The number of piperazine rings is 1. The zero-order valence-electron chi connectivity index (χ0n) is 14.1. The van der Waals surface area contributed by atoms with Crippen molar-refractivity contribution in [3.8, 4) is 5.75 Å². The van der Waals surface area contributed by atoms with Crippen LogP contribution in [-0.2, 0) is 6.54 Å². The topological polar surface area (TPSA) is 37.4 Å². The summed E-state index contributed by atoms with van der Waals surface area (Å²) in [5, 5.41) is 3.49. The van der Waals surface area contributed by atoms with Crippen molar-refractivity contribution >= 4 is 12.4 Å². The van der Waals surface area contributed by atoms with Crippen molar-refractivity contribution in [2.24, 2.45) is 0 Å². The Hall–Kier alpha value is -1.62. The van der Waals surface area contributed by atoms with Crippen molar-refractivity contribution in [2.45, 2.75) is 25.9 Å². The molecule has 1 saturated heterocycles. The molecule has 1 atom stereocenters. The third-order valence-electron chi connectivity index (χ3n) is 4.18. The molecule has 0 amide bonds. The summed E-state index contributed by atoms with van der Waals surface area (Å²) < 4.78 is 5.76. The molecule has 1 aliphatic rings. The first kappa shape index (κ1) is 18.7. The van der Waals surface area contributed by atoms with E-state index in [1.807, 2.05) is 24.5 Å². The lowest BCUT2D eigenvalue weighted by Crippen LogP contribution is -2.45. The van der Waals surface area contributed by atoms with Crippen molar-refractivity contribution in [2.75, 3.05) is 26.2 Å². The van der Waals surface area contributed by atoms with Gasteiger partial charge in [-0.2, -0.15) is 0 Å². The molecule has 1 N–H and O–H groups in total. The number of nitrogens with one attached hydrogen (secondary N) is 1. The van der Waals surface area contributed by atoms with Crippen molar-refractivity contribution < 1.29 is 4.74 Å². The van der Waals surface area contributed by atoms with E-state index in [4.69, 9.17) is 4.74 Å². The summed E-state index contributed by atoms with van der Waals surface area (Å²) in [7, 11) is 0. The van der Waals surface area contributed by atoms with E-state index < -0.39 is 0 Å². The molecule has 2 heterocycles. The largest absolute Gasteiger partial charge is 0.494 e. The van der Waals surface area contributed by atoms with Gasteiger partial charge in [0.25, 0.3) is 0 Å². The van der Waals surface area contributed by atoms with Gasteiger partial charge in [-0.3, -0.25) is 9.88 Å². The quantitative estimate of drug-likeness (QED) is 0.868. The summed E-state index contributed by atoms with van der Waals surface area (Å²) in [6.45, 7) is 6.88. The lowest BCUT2D eigenvalue weighted by molar-refractivity contribution is 0.153. The molecule has 0 radical (unpaired) electrons. The maximum atomic E-state index is 5.76. The van der Waals surface area contributed by atoms with Crippen LogP contribution in [0, 0.1) is 0 Å². The predicted molar refractivity (Wildman–Crippen MR) is 99.7 cm³/mol. The molecule has 1 aromatic carbocycles. The molecule has 1 aromatic heterocycles. The molecular formula is C19H26ClN3O. The van der Waals surface area contributed by atoms with E-state index in [2.05, 4.69) is 46.4 Å². The minimum atomic E-state index is 0. The Morgan fingerprint density at radius 1 is 1.29 bits per heavy atom. The van der Waals surface area contributed by atoms with Crippen LogP contribution in [0.4, 0.5) is 0 Å². The minimum Gasteiger partial charge on any atom is -0.494 e. The molecule has 0 aliphatic carbocycles. The monoisotopic (exact) mass is 347 g/mol. The van der Waals surface area contributed by atoms with E-state index in [0.29, 0.717) is 6.04 Å². The van der Waals surface area contributed by atoms with Crippen LogP contribution in [0.15, 0.2) is 48.8 Å². The van der Waals surface area contributed by atoms with Crippen molar-refractivity contribution in [3.63, 3.8) is 0 Å². The Labute approximate surface area is 150 Å². The van der Waals surface area contributed by atoms with Crippen LogP contribution >= 0.6 is 12.4 Å². The Kier molecular flexibility index (Phi) is 7.50. The highest BCUT2D eigenvalue weighted by Gasteiger charge is 2.23. The predicted octanol–water partition coefficient (Wildman–Crippen LogP) is 3.44. The lowest BCUT2D eigenvalue weighted by atomic mass is 10.0. The van der Waals surface area contributed by atoms with Gasteiger partial charge in [-0.05, 0) is 35.7 Å². The summed E-state index contributed by atoms with van der Waals surface area (Å²) in [6.07, 6.45) is 4.84. The number of hydrogen-bond acceptors (Lipinski definition) is 4. The van der Waals surface area contributed by atoms with E-state index in [1.165, 1.54) is 11.1 Å². The fraction of sp³-hybridized carbons (Fsp3) is 0.421.